The number of hydrogen-bond donors (Lipinski definition) is 3. The number of amides is 3. The van der Waals surface area contributed by atoms with E-state index in [-0.39, 0.29) is 28.8 Å². The molecule has 0 spiro atoms. The number of anilines is 1. The van der Waals surface area contributed by atoms with Crippen LogP contribution in [0.4, 0.5) is 5.69 Å². The molecule has 3 rings (SSSR count). The summed E-state index contributed by atoms with van der Waals surface area (Å²) in [7, 11) is 0. The number of nitrogens with one attached hydrogen (secondary N) is 1. The van der Waals surface area contributed by atoms with Crippen molar-refractivity contribution in [2.75, 3.05) is 4.90 Å². The number of rotatable bonds is 7. The van der Waals surface area contributed by atoms with E-state index in [1.807, 2.05) is 0 Å². The van der Waals surface area contributed by atoms with Gasteiger partial charge in [0.2, 0.25) is 0 Å². The van der Waals surface area contributed by atoms with Gasteiger partial charge in [-0.25, -0.2) is 9.69 Å². The Hall–Kier alpha value is -4.01. The fraction of sp³-hybridized carbons (Fsp3) is 0.150. The van der Waals surface area contributed by atoms with Crippen LogP contribution in [-0.2, 0) is 9.59 Å². The lowest BCUT2D eigenvalue weighted by Gasteiger charge is -2.19. The van der Waals surface area contributed by atoms with Crippen LogP contribution in [0.1, 0.15) is 43.9 Å². The average molecular weight is 396 g/mol. The maximum absolute atomic E-state index is 12.7. The molecular weight excluding hydrogens is 380 g/mol. The van der Waals surface area contributed by atoms with Crippen LogP contribution in [0.15, 0.2) is 48.5 Å². The second-order valence-corrected chi connectivity index (χ2v) is 6.31. The Bertz CT molecular complexity index is 996. The lowest BCUT2D eigenvalue weighted by Crippen LogP contribution is -2.42. The minimum atomic E-state index is -1.44. The summed E-state index contributed by atoms with van der Waals surface area (Å²) in [6.07, 6.45) is -0.761. The summed E-state index contributed by atoms with van der Waals surface area (Å²) in [6.45, 7) is 0. The third kappa shape index (κ3) is 3.84. The van der Waals surface area contributed by atoms with Gasteiger partial charge in [0, 0.05) is 6.42 Å². The molecule has 1 unspecified atom stereocenters. The van der Waals surface area contributed by atoms with Crippen LogP contribution in [0.25, 0.3) is 0 Å². The fourth-order valence-electron chi connectivity index (χ4n) is 3.03. The van der Waals surface area contributed by atoms with E-state index in [2.05, 4.69) is 5.32 Å². The van der Waals surface area contributed by atoms with Gasteiger partial charge in [-0.05, 0) is 30.7 Å². The van der Waals surface area contributed by atoms with E-state index in [1.165, 1.54) is 36.4 Å². The molecule has 2 aromatic rings. The van der Waals surface area contributed by atoms with Gasteiger partial charge < -0.3 is 15.5 Å². The number of fused-ring (bicyclic) bond motifs is 1. The van der Waals surface area contributed by atoms with Crippen molar-refractivity contribution in [1.29, 1.82) is 0 Å². The first-order valence-corrected chi connectivity index (χ1v) is 8.63. The van der Waals surface area contributed by atoms with Crippen molar-refractivity contribution >= 4 is 35.3 Å². The zero-order valence-corrected chi connectivity index (χ0v) is 15.0. The maximum Gasteiger partial charge on any atom is 0.326 e. The minimum absolute atomic E-state index is 0.0126. The van der Waals surface area contributed by atoms with Crippen molar-refractivity contribution in [3.63, 3.8) is 0 Å². The molecule has 0 bridgehead atoms. The van der Waals surface area contributed by atoms with E-state index < -0.39 is 42.1 Å². The molecule has 9 heteroatoms. The predicted octanol–water partition coefficient (Wildman–Crippen LogP) is 1.53. The molecule has 0 saturated carbocycles. The Balaban J connectivity index is 1.91. The summed E-state index contributed by atoms with van der Waals surface area (Å²) >= 11 is 0. The van der Waals surface area contributed by atoms with Gasteiger partial charge in [0.25, 0.3) is 17.7 Å². The summed E-state index contributed by atoms with van der Waals surface area (Å²) in [5, 5.41) is 20.2. The lowest BCUT2D eigenvalue weighted by atomic mass is 10.1. The second-order valence-electron chi connectivity index (χ2n) is 6.31. The molecule has 3 amide bonds. The molecule has 2 aromatic carbocycles. The van der Waals surface area contributed by atoms with Gasteiger partial charge in [-0.1, -0.05) is 24.3 Å². The van der Waals surface area contributed by atoms with Gasteiger partial charge >= 0.3 is 11.9 Å². The normalized spacial score (nSPS) is 13.7. The smallest absolute Gasteiger partial charge is 0.326 e. The van der Waals surface area contributed by atoms with Crippen LogP contribution >= 0.6 is 0 Å². The number of carbonyl (C=O) groups is 5. The number of benzene rings is 2. The van der Waals surface area contributed by atoms with E-state index >= 15 is 0 Å². The maximum atomic E-state index is 12.7. The van der Waals surface area contributed by atoms with Crippen molar-refractivity contribution in [3.8, 4) is 0 Å². The Labute approximate surface area is 164 Å². The molecule has 1 heterocycles. The SMILES string of the molecule is O=C(O)CCC(NC(=O)c1ccccc1N1C(=O)c2ccccc2C1=O)C(=O)O. The number of carboxylic acid groups (broad SMARTS) is 2. The number of carboxylic acids is 2. The van der Waals surface area contributed by atoms with Crippen LogP contribution in [-0.4, -0.2) is 45.9 Å². The summed E-state index contributed by atoms with van der Waals surface area (Å²) in [6, 6.07) is 10.6. The molecule has 29 heavy (non-hydrogen) atoms. The minimum Gasteiger partial charge on any atom is -0.481 e. The fourth-order valence-corrected chi connectivity index (χ4v) is 3.03. The zero-order chi connectivity index (χ0) is 21.1. The molecule has 3 N–H and O–H groups in total. The molecule has 0 radical (unpaired) electrons. The van der Waals surface area contributed by atoms with Crippen molar-refractivity contribution in [2.45, 2.75) is 18.9 Å². The van der Waals surface area contributed by atoms with Gasteiger partial charge in [-0.15, -0.1) is 0 Å². The number of carbonyl (C=O) groups excluding carboxylic acids is 3. The van der Waals surface area contributed by atoms with Gasteiger partial charge in [-0.2, -0.15) is 0 Å². The predicted molar refractivity (Wildman–Crippen MR) is 99.8 cm³/mol. The third-order valence-corrected chi connectivity index (χ3v) is 4.43. The quantitative estimate of drug-likeness (QED) is 0.603. The molecule has 1 aliphatic heterocycles. The highest BCUT2D eigenvalue weighted by Gasteiger charge is 2.38. The molecular formula is C20H16N2O7. The van der Waals surface area contributed by atoms with Gasteiger partial charge in [0.15, 0.2) is 0 Å². The highest BCUT2D eigenvalue weighted by Crippen LogP contribution is 2.30. The van der Waals surface area contributed by atoms with Crippen molar-refractivity contribution < 1.29 is 34.2 Å². The van der Waals surface area contributed by atoms with Gasteiger partial charge in [-0.3, -0.25) is 19.2 Å². The number of aliphatic carboxylic acids is 2. The molecule has 0 saturated heterocycles. The number of para-hydroxylation sites is 1. The van der Waals surface area contributed by atoms with Gasteiger partial charge in [0.05, 0.1) is 22.4 Å². The molecule has 1 atom stereocenters. The van der Waals surface area contributed by atoms with Crippen LogP contribution in [0, 0.1) is 0 Å². The van der Waals surface area contributed by atoms with Crippen molar-refractivity contribution in [3.05, 3.63) is 65.2 Å². The van der Waals surface area contributed by atoms with E-state index in [9.17, 15) is 29.1 Å². The number of hydrogen-bond acceptors (Lipinski definition) is 5. The van der Waals surface area contributed by atoms with Crippen LogP contribution in [0.2, 0.25) is 0 Å². The first-order valence-electron chi connectivity index (χ1n) is 8.63. The zero-order valence-electron chi connectivity index (χ0n) is 15.0. The molecule has 9 nitrogen and oxygen atoms in total. The highest BCUT2D eigenvalue weighted by molar-refractivity contribution is 6.35. The monoisotopic (exact) mass is 396 g/mol. The van der Waals surface area contributed by atoms with Crippen LogP contribution in [0.5, 0.6) is 0 Å². The topological polar surface area (TPSA) is 141 Å². The summed E-state index contributed by atoms with van der Waals surface area (Å²) in [5.74, 6) is -4.61. The van der Waals surface area contributed by atoms with E-state index in [4.69, 9.17) is 5.11 Å². The van der Waals surface area contributed by atoms with Crippen LogP contribution < -0.4 is 10.2 Å². The largest absolute Gasteiger partial charge is 0.481 e. The molecule has 0 fully saturated rings. The Kier molecular flexibility index (Phi) is 5.40. The Morgan fingerprint density at radius 3 is 2.00 bits per heavy atom. The van der Waals surface area contributed by atoms with E-state index in [0.717, 1.165) is 4.90 Å². The first-order chi connectivity index (χ1) is 13.8. The Morgan fingerprint density at radius 1 is 0.897 bits per heavy atom. The first kappa shape index (κ1) is 19.7. The van der Waals surface area contributed by atoms with Gasteiger partial charge in [0.1, 0.15) is 6.04 Å². The average Bonchev–Trinajstić information content (AvgIpc) is 2.95. The van der Waals surface area contributed by atoms with Crippen molar-refractivity contribution in [2.24, 2.45) is 0 Å². The molecule has 148 valence electrons. The number of nitrogens with zero attached hydrogens (tertiary/aromatic N) is 1. The van der Waals surface area contributed by atoms with E-state index in [0.29, 0.717) is 0 Å². The molecule has 0 aromatic heterocycles. The van der Waals surface area contributed by atoms with Crippen LogP contribution in [0.3, 0.4) is 0 Å². The summed E-state index contributed by atoms with van der Waals surface area (Å²) in [5.41, 5.74) is 0.345. The second kappa shape index (κ2) is 7.93. The number of imide groups is 1. The summed E-state index contributed by atoms with van der Waals surface area (Å²) < 4.78 is 0. The van der Waals surface area contributed by atoms with Crippen molar-refractivity contribution in [1.82, 2.24) is 5.32 Å². The Morgan fingerprint density at radius 2 is 1.45 bits per heavy atom. The molecule has 0 aliphatic carbocycles. The third-order valence-electron chi connectivity index (χ3n) is 4.43. The van der Waals surface area contributed by atoms with E-state index in [1.54, 1.807) is 12.1 Å². The summed E-state index contributed by atoms with van der Waals surface area (Å²) in [4.78, 5) is 61.0. The lowest BCUT2D eigenvalue weighted by molar-refractivity contribution is -0.140. The standard InChI is InChI=1S/C20H16N2O7/c23-16(24)10-9-14(20(28)29)21-17(25)13-7-3-4-8-15(13)22-18(26)11-5-1-2-6-12(11)19(22)27/h1-8,14H,9-10H2,(H,21,25)(H,23,24)(H,28,29). The molecule has 1 aliphatic rings. The highest BCUT2D eigenvalue weighted by atomic mass is 16.4.